The number of rotatable bonds is 9. The fraction of sp³-hybridized carbons (Fsp3) is 0.375. The highest BCUT2D eigenvalue weighted by molar-refractivity contribution is 5.38. The van der Waals surface area contributed by atoms with Crippen LogP contribution in [0.25, 0.3) is 12.2 Å². The summed E-state index contributed by atoms with van der Waals surface area (Å²) >= 11 is 0. The number of hydrogen-bond donors (Lipinski definition) is 0. The van der Waals surface area contributed by atoms with E-state index in [-0.39, 0.29) is 0 Å². The SMILES string of the molecule is CC1(OCCN(CC#N)CCOC2(C)C=c3ccccc3=N2)C=c2ccccc2=N1. The van der Waals surface area contributed by atoms with Gasteiger partial charge in [0, 0.05) is 23.5 Å². The molecule has 154 valence electrons. The third kappa shape index (κ3) is 4.65. The first-order chi connectivity index (χ1) is 14.5. The second kappa shape index (κ2) is 8.49. The van der Waals surface area contributed by atoms with Crippen molar-refractivity contribution >= 4 is 12.2 Å². The summed E-state index contributed by atoms with van der Waals surface area (Å²) in [5, 5.41) is 13.3. The molecule has 0 aromatic heterocycles. The Kier molecular flexibility index (Phi) is 5.78. The van der Waals surface area contributed by atoms with E-state index in [1.54, 1.807) is 0 Å². The average Bonchev–Trinajstić information content (AvgIpc) is 3.23. The van der Waals surface area contributed by atoms with Gasteiger partial charge in [0.1, 0.15) is 0 Å². The van der Waals surface area contributed by atoms with E-state index in [4.69, 9.17) is 9.47 Å². The molecule has 0 spiro atoms. The van der Waals surface area contributed by atoms with Crippen LogP contribution in [0, 0.1) is 11.3 Å². The van der Waals surface area contributed by atoms with Crippen molar-refractivity contribution in [2.45, 2.75) is 25.3 Å². The molecule has 0 saturated heterocycles. The maximum Gasteiger partial charge on any atom is 0.176 e. The standard InChI is InChI=1S/C24H26N4O2/c1-23(17-19-7-3-5-9-21(19)26-23)29-15-13-28(12-11-25)14-16-30-24(2)18-20-8-4-6-10-22(20)27-24/h3-10,17-18H,12-16H2,1-2H3. The number of nitriles is 1. The van der Waals surface area contributed by atoms with Gasteiger partial charge >= 0.3 is 0 Å². The van der Waals surface area contributed by atoms with Crippen molar-refractivity contribution in [1.82, 2.24) is 4.90 Å². The highest BCUT2D eigenvalue weighted by Gasteiger charge is 2.25. The highest BCUT2D eigenvalue weighted by atomic mass is 16.5. The molecule has 0 radical (unpaired) electrons. The van der Waals surface area contributed by atoms with Gasteiger partial charge in [-0.05, 0) is 38.1 Å². The van der Waals surface area contributed by atoms with Gasteiger partial charge in [0.25, 0.3) is 0 Å². The van der Waals surface area contributed by atoms with Crippen molar-refractivity contribution in [2.75, 3.05) is 32.8 Å². The monoisotopic (exact) mass is 402 g/mol. The topological polar surface area (TPSA) is 70.2 Å². The van der Waals surface area contributed by atoms with Gasteiger partial charge in [-0.3, -0.25) is 4.90 Å². The van der Waals surface area contributed by atoms with Crippen LogP contribution in [0.4, 0.5) is 0 Å². The lowest BCUT2D eigenvalue weighted by atomic mass is 10.2. The molecule has 0 aliphatic carbocycles. The zero-order valence-electron chi connectivity index (χ0n) is 17.4. The smallest absolute Gasteiger partial charge is 0.176 e. The largest absolute Gasteiger partial charge is 0.349 e. The maximum atomic E-state index is 9.17. The second-order valence-electron chi connectivity index (χ2n) is 7.87. The van der Waals surface area contributed by atoms with E-state index in [0.717, 1.165) is 21.2 Å². The molecular weight excluding hydrogens is 376 g/mol. The van der Waals surface area contributed by atoms with E-state index in [9.17, 15) is 5.26 Å². The van der Waals surface area contributed by atoms with Crippen LogP contribution in [0.15, 0.2) is 58.5 Å². The normalized spacial score (nSPS) is 23.5. The summed E-state index contributed by atoms with van der Waals surface area (Å²) in [7, 11) is 0. The first-order valence-corrected chi connectivity index (χ1v) is 10.2. The van der Waals surface area contributed by atoms with Crippen LogP contribution in [0.2, 0.25) is 0 Å². The quantitative estimate of drug-likeness (QED) is 0.573. The summed E-state index contributed by atoms with van der Waals surface area (Å²) in [4.78, 5) is 11.4. The lowest BCUT2D eigenvalue weighted by molar-refractivity contribution is -0.00613. The van der Waals surface area contributed by atoms with E-state index in [1.165, 1.54) is 0 Å². The lowest BCUT2D eigenvalue weighted by Crippen LogP contribution is -2.35. The molecule has 2 aliphatic heterocycles. The Labute approximate surface area is 176 Å². The minimum absolute atomic E-state index is 0.322. The Balaban J connectivity index is 1.28. The molecule has 2 aromatic rings. The van der Waals surface area contributed by atoms with Crippen molar-refractivity contribution in [3.05, 3.63) is 69.7 Å². The summed E-state index contributed by atoms with van der Waals surface area (Å²) in [5.74, 6) is 0. The second-order valence-corrected chi connectivity index (χ2v) is 7.87. The molecule has 0 N–H and O–H groups in total. The molecule has 30 heavy (non-hydrogen) atoms. The molecule has 6 heteroatoms. The lowest BCUT2D eigenvalue weighted by Gasteiger charge is -2.25. The molecule has 0 bridgehead atoms. The van der Waals surface area contributed by atoms with Gasteiger partial charge in [-0.15, -0.1) is 0 Å². The third-order valence-electron chi connectivity index (χ3n) is 5.30. The van der Waals surface area contributed by atoms with Crippen molar-refractivity contribution in [3.8, 4) is 6.07 Å². The first kappa shape index (κ1) is 20.4. The van der Waals surface area contributed by atoms with Crippen molar-refractivity contribution in [3.63, 3.8) is 0 Å². The van der Waals surface area contributed by atoms with Crippen LogP contribution < -0.4 is 21.2 Å². The minimum atomic E-state index is -0.657. The fourth-order valence-electron chi connectivity index (χ4n) is 3.82. The van der Waals surface area contributed by atoms with Gasteiger partial charge in [0.2, 0.25) is 0 Å². The molecule has 2 heterocycles. The van der Waals surface area contributed by atoms with Crippen molar-refractivity contribution in [1.29, 1.82) is 5.26 Å². The first-order valence-electron chi connectivity index (χ1n) is 10.2. The minimum Gasteiger partial charge on any atom is -0.349 e. The van der Waals surface area contributed by atoms with Crippen LogP contribution in [-0.2, 0) is 9.47 Å². The molecule has 0 fully saturated rings. The van der Waals surface area contributed by atoms with Crippen molar-refractivity contribution < 1.29 is 9.47 Å². The van der Waals surface area contributed by atoms with Crippen LogP contribution in [-0.4, -0.2) is 49.2 Å². The summed E-state index contributed by atoms with van der Waals surface area (Å²) < 4.78 is 12.1. The predicted molar refractivity (Wildman–Crippen MR) is 114 cm³/mol. The molecule has 2 aromatic carbocycles. The van der Waals surface area contributed by atoms with Crippen LogP contribution in [0.5, 0.6) is 0 Å². The van der Waals surface area contributed by atoms with Crippen molar-refractivity contribution in [2.24, 2.45) is 9.98 Å². The molecule has 2 unspecified atom stereocenters. The van der Waals surface area contributed by atoms with Gasteiger partial charge in [0.15, 0.2) is 11.4 Å². The Morgan fingerprint density at radius 2 is 1.30 bits per heavy atom. The molecule has 0 saturated carbocycles. The fourth-order valence-corrected chi connectivity index (χ4v) is 3.82. The van der Waals surface area contributed by atoms with E-state index < -0.39 is 11.4 Å². The zero-order valence-corrected chi connectivity index (χ0v) is 17.4. The number of nitrogens with zero attached hydrogens (tertiary/aromatic N) is 4. The molecule has 2 atom stereocenters. The van der Waals surface area contributed by atoms with E-state index >= 15 is 0 Å². The summed E-state index contributed by atoms with van der Waals surface area (Å²) in [6.45, 7) is 6.45. The van der Waals surface area contributed by atoms with E-state index in [0.29, 0.717) is 32.8 Å². The van der Waals surface area contributed by atoms with Gasteiger partial charge < -0.3 is 9.47 Å². The van der Waals surface area contributed by atoms with Gasteiger partial charge in [0.05, 0.1) is 36.5 Å². The van der Waals surface area contributed by atoms with Gasteiger partial charge in [-0.25, -0.2) is 9.98 Å². The van der Waals surface area contributed by atoms with E-state index in [2.05, 4.69) is 16.1 Å². The molecular formula is C24H26N4O2. The Hall–Kier alpha value is -2.85. The number of benzene rings is 2. The van der Waals surface area contributed by atoms with Gasteiger partial charge in [-0.2, -0.15) is 5.26 Å². The predicted octanol–water partition coefficient (Wildman–Crippen LogP) is 0.505. The third-order valence-corrected chi connectivity index (χ3v) is 5.30. The Bertz CT molecular complexity index is 1040. The average molecular weight is 402 g/mol. The number of fused-ring (bicyclic) bond motifs is 2. The Morgan fingerprint density at radius 3 is 1.73 bits per heavy atom. The zero-order chi connectivity index (χ0) is 21.0. The molecule has 0 amide bonds. The maximum absolute atomic E-state index is 9.17. The Morgan fingerprint density at radius 1 is 0.833 bits per heavy atom. The van der Waals surface area contributed by atoms with Crippen LogP contribution >= 0.6 is 0 Å². The van der Waals surface area contributed by atoms with Crippen LogP contribution in [0.1, 0.15) is 13.8 Å². The summed E-state index contributed by atoms with van der Waals surface area (Å²) in [6.07, 6.45) is 4.08. The van der Waals surface area contributed by atoms with Crippen LogP contribution in [0.3, 0.4) is 0 Å². The van der Waals surface area contributed by atoms with Gasteiger partial charge in [-0.1, -0.05) is 36.4 Å². The molecule has 6 nitrogen and oxygen atoms in total. The van der Waals surface area contributed by atoms with E-state index in [1.807, 2.05) is 79.4 Å². The summed E-state index contributed by atoms with van der Waals surface area (Å²) in [6, 6.07) is 18.2. The number of para-hydroxylation sites is 2. The molecule has 4 rings (SSSR count). The summed E-state index contributed by atoms with van der Waals surface area (Å²) in [5.41, 5.74) is -1.31. The molecule has 2 aliphatic rings. The number of hydrogen-bond acceptors (Lipinski definition) is 6. The highest BCUT2D eigenvalue weighted by Crippen LogP contribution is 2.17. The number of ether oxygens (including phenoxy) is 2.